The van der Waals surface area contributed by atoms with Crippen LogP contribution in [-0.4, -0.2) is 47.6 Å². The van der Waals surface area contributed by atoms with E-state index in [1.165, 1.54) is 26.4 Å². The molecule has 4 rings (SSSR count). The van der Waals surface area contributed by atoms with Gasteiger partial charge in [-0.1, -0.05) is 18.2 Å². The van der Waals surface area contributed by atoms with Gasteiger partial charge in [-0.25, -0.2) is 8.42 Å². The van der Waals surface area contributed by atoms with Crippen LogP contribution in [0.2, 0.25) is 0 Å². The highest BCUT2D eigenvalue weighted by Crippen LogP contribution is 2.52. The molecule has 1 aliphatic carbocycles. The van der Waals surface area contributed by atoms with Crippen molar-refractivity contribution in [1.29, 1.82) is 0 Å². The molecule has 0 spiro atoms. The number of fused-ring (bicyclic) bond motifs is 1. The molecule has 0 bridgehead atoms. The predicted octanol–water partition coefficient (Wildman–Crippen LogP) is 2.86. The first-order valence-electron chi connectivity index (χ1n) is 9.79. The minimum atomic E-state index is -3.37. The minimum Gasteiger partial charge on any atom is -0.468 e. The number of sulfone groups is 1. The summed E-state index contributed by atoms with van der Waals surface area (Å²) in [5.74, 6) is -0.204. The molecule has 2 aromatic carbocycles. The first kappa shape index (κ1) is 21.9. The van der Waals surface area contributed by atoms with E-state index in [1.807, 2.05) is 6.07 Å². The Bertz CT molecular complexity index is 1210. The molecular weight excluding hydrogens is 436 g/mol. The van der Waals surface area contributed by atoms with Crippen LogP contribution >= 0.6 is 0 Å². The lowest BCUT2D eigenvalue weighted by Crippen LogP contribution is -2.39. The maximum atomic E-state index is 12.8. The Morgan fingerprint density at radius 3 is 1.94 bits per heavy atom. The van der Waals surface area contributed by atoms with Gasteiger partial charge in [-0.3, -0.25) is 9.59 Å². The summed E-state index contributed by atoms with van der Waals surface area (Å²) in [4.78, 5) is 25.8. The van der Waals surface area contributed by atoms with Crippen LogP contribution in [0.1, 0.15) is 24.0 Å². The Hall–Kier alpha value is -3.33. The Kier molecular flexibility index (Phi) is 5.46. The molecule has 0 saturated heterocycles. The highest BCUT2D eigenvalue weighted by atomic mass is 32.2. The smallest absolute Gasteiger partial charge is 0.323 e. The molecule has 1 aliphatic heterocycles. The first-order chi connectivity index (χ1) is 15.2. The number of methoxy groups -OCH3 is 2. The molecular formula is C23H22O8S. The number of esters is 2. The number of hydrogen-bond acceptors (Lipinski definition) is 8. The summed E-state index contributed by atoms with van der Waals surface area (Å²) in [7, 11) is -0.911. The van der Waals surface area contributed by atoms with E-state index in [0.717, 1.165) is 23.0 Å². The maximum Gasteiger partial charge on any atom is 0.323 e. The van der Waals surface area contributed by atoms with Crippen molar-refractivity contribution in [1.82, 2.24) is 0 Å². The molecule has 2 aromatic rings. The van der Waals surface area contributed by atoms with E-state index in [-0.39, 0.29) is 24.5 Å². The third-order valence-electron chi connectivity index (χ3n) is 5.83. The van der Waals surface area contributed by atoms with E-state index in [4.69, 9.17) is 18.9 Å². The fourth-order valence-corrected chi connectivity index (χ4v) is 4.81. The highest BCUT2D eigenvalue weighted by Gasteiger charge is 2.53. The van der Waals surface area contributed by atoms with Gasteiger partial charge in [0.25, 0.3) is 0 Å². The van der Waals surface area contributed by atoms with E-state index in [1.54, 1.807) is 24.3 Å². The summed E-state index contributed by atoms with van der Waals surface area (Å²) < 4.78 is 44.5. The number of rotatable bonds is 5. The number of ether oxygens (including phenoxy) is 4. The average Bonchev–Trinajstić information content (AvgIpc) is 3.42. The molecule has 2 aliphatic rings. The summed E-state index contributed by atoms with van der Waals surface area (Å²) in [6.45, 7) is 0.117. The summed E-state index contributed by atoms with van der Waals surface area (Å²) in [6, 6.07) is 11.7. The van der Waals surface area contributed by atoms with Crippen molar-refractivity contribution in [3.05, 3.63) is 53.6 Å². The Morgan fingerprint density at radius 1 is 0.844 bits per heavy atom. The van der Waals surface area contributed by atoms with Crippen LogP contribution in [0.15, 0.2) is 47.4 Å². The lowest BCUT2D eigenvalue weighted by molar-refractivity contribution is -0.167. The first-order valence-corrected chi connectivity index (χ1v) is 11.7. The third-order valence-corrected chi connectivity index (χ3v) is 6.95. The average molecular weight is 458 g/mol. The minimum absolute atomic E-state index is 0.0499. The van der Waals surface area contributed by atoms with Crippen LogP contribution in [0.4, 0.5) is 0 Å². The van der Waals surface area contributed by atoms with Crippen molar-refractivity contribution in [3.8, 4) is 11.5 Å². The third kappa shape index (κ3) is 3.62. The number of carbonyl (C=O) groups excluding carboxylic acids is 2. The molecule has 8 nitrogen and oxygen atoms in total. The topological polar surface area (TPSA) is 105 Å². The van der Waals surface area contributed by atoms with Crippen molar-refractivity contribution in [2.75, 3.05) is 27.3 Å². The summed E-state index contributed by atoms with van der Waals surface area (Å²) in [6.07, 6.45) is 1.25. The Morgan fingerprint density at radius 2 is 1.38 bits per heavy atom. The number of benzene rings is 2. The molecule has 0 aromatic heterocycles. The van der Waals surface area contributed by atoms with E-state index >= 15 is 0 Å². The summed E-state index contributed by atoms with van der Waals surface area (Å²) >= 11 is 0. The molecule has 0 fully saturated rings. The van der Waals surface area contributed by atoms with Crippen molar-refractivity contribution < 1.29 is 37.0 Å². The predicted molar refractivity (Wildman–Crippen MR) is 115 cm³/mol. The van der Waals surface area contributed by atoms with E-state index in [2.05, 4.69) is 0 Å². The number of hydrogen-bond donors (Lipinski definition) is 0. The van der Waals surface area contributed by atoms with Gasteiger partial charge in [0.05, 0.1) is 19.1 Å². The largest absolute Gasteiger partial charge is 0.468 e. The zero-order valence-corrected chi connectivity index (χ0v) is 18.7. The summed E-state index contributed by atoms with van der Waals surface area (Å²) in [5, 5.41) is 0. The highest BCUT2D eigenvalue weighted by molar-refractivity contribution is 7.90. The fourth-order valence-electron chi connectivity index (χ4n) is 4.18. The van der Waals surface area contributed by atoms with Crippen molar-refractivity contribution in [2.45, 2.75) is 17.7 Å². The molecule has 32 heavy (non-hydrogen) atoms. The maximum absolute atomic E-state index is 12.8. The lowest BCUT2D eigenvalue weighted by Gasteiger charge is -2.23. The molecule has 0 unspecified atom stereocenters. The SMILES string of the molecule is COC(=O)C1(C(=O)OC)CC(c2ccc(S(C)(=O)=O)cc2)=C(c2ccc3c(c2)OCO3)C1. The van der Waals surface area contributed by atoms with Crippen LogP contribution in [0.5, 0.6) is 11.5 Å². The second-order valence-corrected chi connectivity index (χ2v) is 9.76. The van der Waals surface area contributed by atoms with Crippen LogP contribution in [0.25, 0.3) is 11.1 Å². The van der Waals surface area contributed by atoms with Crippen molar-refractivity contribution in [3.63, 3.8) is 0 Å². The standard InChI is InChI=1S/C23H22O8S/c1-28-21(24)23(22(25)29-2)11-17(14-4-7-16(8-5-14)32(3,26)27)18(12-23)15-6-9-19-20(10-15)31-13-30-19/h4-10H,11-13H2,1-3H3. The molecule has 0 N–H and O–H groups in total. The number of allylic oxidation sites excluding steroid dienone is 2. The van der Waals surface area contributed by atoms with Gasteiger partial charge < -0.3 is 18.9 Å². The molecule has 0 radical (unpaired) electrons. The van der Waals surface area contributed by atoms with Gasteiger partial charge in [-0.2, -0.15) is 0 Å². The van der Waals surface area contributed by atoms with Gasteiger partial charge in [0, 0.05) is 19.1 Å². The van der Waals surface area contributed by atoms with Gasteiger partial charge >= 0.3 is 11.9 Å². The van der Waals surface area contributed by atoms with Gasteiger partial charge in [-0.15, -0.1) is 0 Å². The van der Waals surface area contributed by atoms with Gasteiger partial charge in [0.15, 0.2) is 26.8 Å². The Balaban J connectivity index is 1.86. The molecule has 9 heteroatoms. The van der Waals surface area contributed by atoms with Crippen LogP contribution in [-0.2, 0) is 28.9 Å². The van der Waals surface area contributed by atoms with Crippen LogP contribution in [0.3, 0.4) is 0 Å². The summed E-state index contributed by atoms with van der Waals surface area (Å²) in [5.41, 5.74) is 1.37. The fraction of sp³-hybridized carbons (Fsp3) is 0.304. The zero-order valence-electron chi connectivity index (χ0n) is 17.8. The molecule has 0 amide bonds. The van der Waals surface area contributed by atoms with Gasteiger partial charge in [0.1, 0.15) is 0 Å². The normalized spacial score (nSPS) is 16.7. The van der Waals surface area contributed by atoms with Crippen LogP contribution < -0.4 is 9.47 Å². The second kappa shape index (κ2) is 7.98. The van der Waals surface area contributed by atoms with E-state index in [9.17, 15) is 18.0 Å². The zero-order chi connectivity index (χ0) is 23.1. The molecule has 0 atom stereocenters. The lowest BCUT2D eigenvalue weighted by atomic mass is 9.82. The number of carbonyl (C=O) groups is 2. The van der Waals surface area contributed by atoms with Gasteiger partial charge in [0.2, 0.25) is 6.79 Å². The quantitative estimate of drug-likeness (QED) is 0.498. The molecule has 168 valence electrons. The van der Waals surface area contributed by atoms with E-state index in [0.29, 0.717) is 17.1 Å². The molecule has 1 heterocycles. The van der Waals surface area contributed by atoms with Crippen molar-refractivity contribution in [2.24, 2.45) is 5.41 Å². The Labute approximate surface area is 185 Å². The molecule has 0 saturated carbocycles. The van der Waals surface area contributed by atoms with Crippen molar-refractivity contribution >= 4 is 32.9 Å². The second-order valence-electron chi connectivity index (χ2n) is 7.74. The monoisotopic (exact) mass is 458 g/mol. The van der Waals surface area contributed by atoms with Gasteiger partial charge in [-0.05, 0) is 46.5 Å². The van der Waals surface area contributed by atoms with E-state index < -0.39 is 27.2 Å². The van der Waals surface area contributed by atoms with Crippen LogP contribution in [0, 0.1) is 5.41 Å².